The average Bonchev–Trinajstić information content (AvgIpc) is 2.55. The molecule has 1 rings (SSSR count). The number of esters is 1. The molecule has 0 aliphatic heterocycles. The molecule has 1 aromatic rings. The molecule has 24 heavy (non-hydrogen) atoms. The van der Waals surface area contributed by atoms with Crippen LogP contribution in [0.3, 0.4) is 0 Å². The molecule has 0 bridgehead atoms. The van der Waals surface area contributed by atoms with Crippen molar-refractivity contribution in [3.05, 3.63) is 41.5 Å². The third-order valence-corrected chi connectivity index (χ3v) is 3.21. The molecule has 0 aromatic heterocycles. The van der Waals surface area contributed by atoms with Crippen molar-refractivity contribution in [1.82, 2.24) is 4.90 Å². The van der Waals surface area contributed by atoms with Crippen LogP contribution in [0.5, 0.6) is 0 Å². The number of nitrogens with zero attached hydrogens (tertiary/aromatic N) is 1. The number of carbonyl (C=O) groups excluding carboxylic acids is 2. The van der Waals surface area contributed by atoms with Crippen molar-refractivity contribution in [2.24, 2.45) is 0 Å². The lowest BCUT2D eigenvalue weighted by Crippen LogP contribution is -2.38. The number of ether oxygens (including phenoxy) is 1. The highest BCUT2D eigenvalue weighted by Gasteiger charge is 2.32. The third-order valence-electron chi connectivity index (χ3n) is 3.21. The van der Waals surface area contributed by atoms with E-state index in [4.69, 9.17) is 0 Å². The monoisotopic (exact) mass is 343 g/mol. The van der Waals surface area contributed by atoms with Crippen molar-refractivity contribution in [2.75, 3.05) is 20.2 Å². The lowest BCUT2D eigenvalue weighted by Gasteiger charge is -2.22. The second-order valence-electron chi connectivity index (χ2n) is 5.18. The first-order valence-corrected chi connectivity index (χ1v) is 7.49. The third kappa shape index (κ3) is 6.85. The van der Waals surface area contributed by atoms with E-state index in [2.05, 4.69) is 4.74 Å². The Morgan fingerprint density at radius 1 is 1.21 bits per heavy atom. The van der Waals surface area contributed by atoms with Gasteiger partial charge in [-0.2, -0.15) is 13.2 Å². The van der Waals surface area contributed by atoms with Crippen LogP contribution in [-0.2, 0) is 9.53 Å². The number of unbranched alkanes of at least 4 members (excludes halogenated alkanes) is 1. The van der Waals surface area contributed by atoms with E-state index in [1.54, 1.807) is 12.1 Å². The standard InChI is InChI=1S/C17H20F3NO3/c1-3-4-11-21(12-17(18,19)20)15(22)10-7-13-5-8-14(9-6-13)16(23)24-2/h5-10H,3-4,11-12H2,1-2H3. The molecule has 0 radical (unpaired) electrons. The van der Waals surface area contributed by atoms with Gasteiger partial charge in [-0.05, 0) is 30.2 Å². The van der Waals surface area contributed by atoms with Gasteiger partial charge >= 0.3 is 12.1 Å². The average molecular weight is 343 g/mol. The summed E-state index contributed by atoms with van der Waals surface area (Å²) in [6, 6.07) is 6.19. The molecule has 0 fully saturated rings. The zero-order valence-corrected chi connectivity index (χ0v) is 13.6. The summed E-state index contributed by atoms with van der Waals surface area (Å²) in [6.45, 7) is 0.632. The van der Waals surface area contributed by atoms with Crippen LogP contribution in [0.2, 0.25) is 0 Å². The van der Waals surface area contributed by atoms with Gasteiger partial charge in [0.25, 0.3) is 0 Å². The number of rotatable bonds is 7. The summed E-state index contributed by atoms with van der Waals surface area (Å²) in [5, 5.41) is 0. The number of benzene rings is 1. The minimum absolute atomic E-state index is 0.0560. The van der Waals surface area contributed by atoms with Crippen LogP contribution >= 0.6 is 0 Å². The fourth-order valence-corrected chi connectivity index (χ4v) is 1.95. The van der Waals surface area contributed by atoms with Crippen molar-refractivity contribution in [3.63, 3.8) is 0 Å². The maximum absolute atomic E-state index is 12.5. The van der Waals surface area contributed by atoms with Crippen LogP contribution in [0.1, 0.15) is 35.7 Å². The van der Waals surface area contributed by atoms with Crippen molar-refractivity contribution in [1.29, 1.82) is 0 Å². The van der Waals surface area contributed by atoms with E-state index < -0.39 is 24.6 Å². The molecule has 0 saturated heterocycles. The predicted molar refractivity (Wildman–Crippen MR) is 84.4 cm³/mol. The van der Waals surface area contributed by atoms with Crippen molar-refractivity contribution in [3.8, 4) is 0 Å². The highest BCUT2D eigenvalue weighted by molar-refractivity contribution is 5.92. The van der Waals surface area contributed by atoms with Gasteiger partial charge in [0.1, 0.15) is 6.54 Å². The molecule has 132 valence electrons. The summed E-state index contributed by atoms with van der Waals surface area (Å²) < 4.78 is 42.2. The normalized spacial score (nSPS) is 11.5. The number of carbonyl (C=O) groups is 2. The van der Waals surface area contributed by atoms with E-state index >= 15 is 0 Å². The Balaban J connectivity index is 2.77. The molecule has 7 heteroatoms. The van der Waals surface area contributed by atoms with Crippen LogP contribution in [0.15, 0.2) is 30.3 Å². The Labute approximate surface area is 138 Å². The maximum Gasteiger partial charge on any atom is 0.406 e. The SMILES string of the molecule is CCCCN(CC(F)(F)F)C(=O)C=Cc1ccc(C(=O)OC)cc1. The van der Waals surface area contributed by atoms with E-state index in [9.17, 15) is 22.8 Å². The lowest BCUT2D eigenvalue weighted by atomic mass is 10.1. The molecule has 0 aliphatic rings. The summed E-state index contributed by atoms with van der Waals surface area (Å²) in [5.74, 6) is -1.18. The second kappa shape index (κ2) is 9.10. The fraction of sp³-hybridized carbons (Fsp3) is 0.412. The zero-order valence-electron chi connectivity index (χ0n) is 13.6. The van der Waals surface area contributed by atoms with Gasteiger partial charge in [0.15, 0.2) is 0 Å². The molecular weight excluding hydrogens is 323 g/mol. The second-order valence-corrected chi connectivity index (χ2v) is 5.18. The van der Waals surface area contributed by atoms with Gasteiger partial charge < -0.3 is 9.64 Å². The summed E-state index contributed by atoms with van der Waals surface area (Å²) >= 11 is 0. The molecule has 0 spiro atoms. The molecule has 0 atom stereocenters. The molecular formula is C17H20F3NO3. The Morgan fingerprint density at radius 3 is 2.33 bits per heavy atom. The van der Waals surface area contributed by atoms with E-state index in [0.29, 0.717) is 24.0 Å². The van der Waals surface area contributed by atoms with Crippen molar-refractivity contribution in [2.45, 2.75) is 25.9 Å². The first-order chi connectivity index (χ1) is 11.3. The first-order valence-electron chi connectivity index (χ1n) is 7.49. The van der Waals surface area contributed by atoms with Crippen LogP contribution in [0.25, 0.3) is 6.08 Å². The fourth-order valence-electron chi connectivity index (χ4n) is 1.95. The number of alkyl halides is 3. The van der Waals surface area contributed by atoms with Crippen molar-refractivity contribution < 1.29 is 27.5 Å². The number of amides is 1. The zero-order chi connectivity index (χ0) is 18.2. The van der Waals surface area contributed by atoms with Crippen LogP contribution in [0.4, 0.5) is 13.2 Å². The minimum Gasteiger partial charge on any atom is -0.465 e. The predicted octanol–water partition coefficient (Wildman–Crippen LogP) is 3.68. The molecule has 0 N–H and O–H groups in total. The highest BCUT2D eigenvalue weighted by Crippen LogP contribution is 2.17. The summed E-state index contributed by atoms with van der Waals surface area (Å²) in [5.41, 5.74) is 0.945. The Morgan fingerprint density at radius 2 is 1.83 bits per heavy atom. The highest BCUT2D eigenvalue weighted by atomic mass is 19.4. The van der Waals surface area contributed by atoms with Gasteiger partial charge in [-0.25, -0.2) is 4.79 Å². The Hall–Kier alpha value is -2.31. The van der Waals surface area contributed by atoms with Gasteiger partial charge in [0.05, 0.1) is 12.7 Å². The summed E-state index contributed by atoms with van der Waals surface area (Å²) in [7, 11) is 1.26. The van der Waals surface area contributed by atoms with Crippen molar-refractivity contribution >= 4 is 18.0 Å². The molecule has 1 amide bonds. The number of methoxy groups -OCH3 is 1. The number of hydrogen-bond donors (Lipinski definition) is 0. The molecule has 1 aromatic carbocycles. The van der Waals surface area contributed by atoms with E-state index in [-0.39, 0.29) is 6.54 Å². The van der Waals surface area contributed by atoms with Gasteiger partial charge in [0, 0.05) is 12.6 Å². The maximum atomic E-state index is 12.5. The summed E-state index contributed by atoms with van der Waals surface area (Å²) in [6.07, 6.45) is -0.712. The van der Waals surface area contributed by atoms with E-state index in [1.807, 2.05) is 6.92 Å². The lowest BCUT2D eigenvalue weighted by molar-refractivity contribution is -0.158. The van der Waals surface area contributed by atoms with Gasteiger partial charge in [-0.1, -0.05) is 25.5 Å². The number of halogens is 3. The molecule has 4 nitrogen and oxygen atoms in total. The quantitative estimate of drug-likeness (QED) is 0.560. The Kier molecular flexibility index (Phi) is 7.48. The molecule has 0 saturated carbocycles. The number of hydrogen-bond acceptors (Lipinski definition) is 3. The van der Waals surface area contributed by atoms with Crippen LogP contribution < -0.4 is 0 Å². The Bertz CT molecular complexity index is 580. The van der Waals surface area contributed by atoms with E-state index in [0.717, 1.165) is 11.0 Å². The largest absolute Gasteiger partial charge is 0.465 e. The van der Waals surface area contributed by atoms with Gasteiger partial charge in [-0.15, -0.1) is 0 Å². The first kappa shape index (κ1) is 19.7. The van der Waals surface area contributed by atoms with Crippen LogP contribution in [-0.4, -0.2) is 43.2 Å². The topological polar surface area (TPSA) is 46.6 Å². The van der Waals surface area contributed by atoms with Crippen LogP contribution in [0, 0.1) is 0 Å². The molecule has 0 unspecified atom stereocenters. The van der Waals surface area contributed by atoms with Gasteiger partial charge in [0.2, 0.25) is 5.91 Å². The summed E-state index contributed by atoms with van der Waals surface area (Å²) in [4.78, 5) is 24.1. The molecule has 0 heterocycles. The van der Waals surface area contributed by atoms with Gasteiger partial charge in [-0.3, -0.25) is 4.79 Å². The minimum atomic E-state index is -4.43. The molecule has 0 aliphatic carbocycles. The smallest absolute Gasteiger partial charge is 0.406 e. The van der Waals surface area contributed by atoms with E-state index in [1.165, 1.54) is 25.3 Å².